The minimum atomic E-state index is -0.103. The molecule has 6 nitrogen and oxygen atoms in total. The van der Waals surface area contributed by atoms with Crippen LogP contribution in [0.3, 0.4) is 0 Å². The van der Waals surface area contributed by atoms with Crippen molar-refractivity contribution in [3.05, 3.63) is 71.1 Å². The number of benzene rings is 2. The summed E-state index contributed by atoms with van der Waals surface area (Å²) in [6.45, 7) is 2.09. The number of ether oxygens (including phenoxy) is 1. The Balaban J connectivity index is 1.43. The summed E-state index contributed by atoms with van der Waals surface area (Å²) in [5.74, 6) is 1.08. The standard InChI is InChI=1S/C19H18ClN3O3S/c1-13(14-5-3-2-4-6-14)21-17(24)12-27-19-23-22-18(26-19)11-25-16-9-7-15(20)8-10-16/h2-10,13H,11-12H2,1H3,(H,21,24)/t13-/m1/s1. The molecule has 0 saturated heterocycles. The van der Waals surface area contributed by atoms with Gasteiger partial charge in [-0.25, -0.2) is 0 Å². The number of thioether (sulfide) groups is 1. The first-order chi connectivity index (χ1) is 13.1. The maximum Gasteiger partial charge on any atom is 0.277 e. The van der Waals surface area contributed by atoms with E-state index < -0.39 is 0 Å². The molecule has 0 aliphatic heterocycles. The van der Waals surface area contributed by atoms with Crippen LogP contribution in [0.1, 0.15) is 24.4 Å². The van der Waals surface area contributed by atoms with E-state index in [0.29, 0.717) is 21.9 Å². The SMILES string of the molecule is C[C@@H](NC(=O)CSc1nnc(COc2ccc(Cl)cc2)o1)c1ccccc1. The van der Waals surface area contributed by atoms with Gasteiger partial charge in [0, 0.05) is 5.02 Å². The second-order valence-corrected chi connectivity index (χ2v) is 7.06. The number of carbonyl (C=O) groups is 1. The van der Waals surface area contributed by atoms with Crippen molar-refractivity contribution >= 4 is 29.3 Å². The van der Waals surface area contributed by atoms with Crippen molar-refractivity contribution in [3.8, 4) is 5.75 Å². The van der Waals surface area contributed by atoms with Crippen molar-refractivity contribution in [2.24, 2.45) is 0 Å². The number of nitrogens with zero attached hydrogens (tertiary/aromatic N) is 2. The minimum Gasteiger partial charge on any atom is -0.484 e. The van der Waals surface area contributed by atoms with E-state index in [-0.39, 0.29) is 24.3 Å². The molecule has 1 heterocycles. The quantitative estimate of drug-likeness (QED) is 0.566. The maximum absolute atomic E-state index is 12.1. The fraction of sp³-hybridized carbons (Fsp3) is 0.211. The Morgan fingerprint density at radius 3 is 2.67 bits per heavy atom. The van der Waals surface area contributed by atoms with Crippen LogP contribution < -0.4 is 10.1 Å². The zero-order valence-corrected chi connectivity index (χ0v) is 16.2. The third kappa shape index (κ3) is 6.01. The van der Waals surface area contributed by atoms with Gasteiger partial charge < -0.3 is 14.5 Å². The lowest BCUT2D eigenvalue weighted by Crippen LogP contribution is -2.28. The molecule has 1 N–H and O–H groups in total. The van der Waals surface area contributed by atoms with Gasteiger partial charge in [-0.2, -0.15) is 0 Å². The number of halogens is 1. The molecule has 2 aromatic carbocycles. The van der Waals surface area contributed by atoms with Crippen LogP contribution in [0, 0.1) is 0 Å². The smallest absolute Gasteiger partial charge is 0.277 e. The van der Waals surface area contributed by atoms with Crippen molar-refractivity contribution in [1.82, 2.24) is 15.5 Å². The van der Waals surface area contributed by atoms with E-state index in [2.05, 4.69) is 15.5 Å². The van der Waals surface area contributed by atoms with Crippen LogP contribution in [0.15, 0.2) is 64.2 Å². The van der Waals surface area contributed by atoms with Crippen LogP contribution in [0.4, 0.5) is 0 Å². The monoisotopic (exact) mass is 403 g/mol. The number of amides is 1. The summed E-state index contributed by atoms with van der Waals surface area (Å²) in [7, 11) is 0. The van der Waals surface area contributed by atoms with E-state index >= 15 is 0 Å². The number of carbonyl (C=O) groups excluding carboxylic acids is 1. The molecule has 0 unspecified atom stereocenters. The Kier molecular flexibility index (Phi) is 6.73. The Hall–Kier alpha value is -2.51. The zero-order chi connectivity index (χ0) is 19.1. The lowest BCUT2D eigenvalue weighted by molar-refractivity contribution is -0.119. The summed E-state index contributed by atoms with van der Waals surface area (Å²) in [4.78, 5) is 12.1. The van der Waals surface area contributed by atoms with Gasteiger partial charge >= 0.3 is 0 Å². The molecule has 0 spiro atoms. The predicted molar refractivity (Wildman–Crippen MR) is 104 cm³/mol. The molecular weight excluding hydrogens is 386 g/mol. The van der Waals surface area contributed by atoms with Crippen LogP contribution >= 0.6 is 23.4 Å². The van der Waals surface area contributed by atoms with E-state index in [0.717, 1.165) is 5.56 Å². The molecule has 27 heavy (non-hydrogen) atoms. The fourth-order valence-corrected chi connectivity index (χ4v) is 2.98. The Labute approximate surface area is 166 Å². The first-order valence-electron chi connectivity index (χ1n) is 8.28. The molecule has 0 radical (unpaired) electrons. The molecule has 0 fully saturated rings. The van der Waals surface area contributed by atoms with Gasteiger partial charge in [-0.05, 0) is 36.8 Å². The largest absolute Gasteiger partial charge is 0.484 e. The fourth-order valence-electron chi connectivity index (χ4n) is 2.27. The van der Waals surface area contributed by atoms with Crippen LogP contribution in [0.5, 0.6) is 5.75 Å². The highest BCUT2D eigenvalue weighted by Crippen LogP contribution is 2.19. The highest BCUT2D eigenvalue weighted by atomic mass is 35.5. The summed E-state index contributed by atoms with van der Waals surface area (Å²) in [6, 6.07) is 16.7. The molecule has 0 aliphatic carbocycles. The summed E-state index contributed by atoms with van der Waals surface area (Å²) in [5, 5.41) is 11.7. The van der Waals surface area contributed by atoms with Gasteiger partial charge in [0.25, 0.3) is 11.1 Å². The highest BCUT2D eigenvalue weighted by molar-refractivity contribution is 7.99. The van der Waals surface area contributed by atoms with Crippen LogP contribution in [-0.4, -0.2) is 21.9 Å². The van der Waals surface area contributed by atoms with Crippen molar-refractivity contribution in [1.29, 1.82) is 0 Å². The minimum absolute atomic E-state index is 0.0645. The number of hydrogen-bond donors (Lipinski definition) is 1. The van der Waals surface area contributed by atoms with Gasteiger partial charge in [0.2, 0.25) is 5.91 Å². The van der Waals surface area contributed by atoms with Crippen molar-refractivity contribution in [3.63, 3.8) is 0 Å². The van der Waals surface area contributed by atoms with Gasteiger partial charge in [0.05, 0.1) is 11.8 Å². The number of nitrogens with one attached hydrogen (secondary N) is 1. The molecule has 1 aromatic heterocycles. The summed E-state index contributed by atoms with van der Waals surface area (Å²) < 4.78 is 11.0. The van der Waals surface area contributed by atoms with Crippen LogP contribution in [-0.2, 0) is 11.4 Å². The summed E-state index contributed by atoms with van der Waals surface area (Å²) in [6.07, 6.45) is 0. The summed E-state index contributed by atoms with van der Waals surface area (Å²) in [5.41, 5.74) is 1.05. The van der Waals surface area contributed by atoms with Gasteiger partial charge in [0.1, 0.15) is 5.75 Å². The van der Waals surface area contributed by atoms with Crippen molar-refractivity contribution in [2.45, 2.75) is 24.8 Å². The predicted octanol–water partition coefficient (Wildman–Crippen LogP) is 4.27. The molecule has 1 amide bonds. The third-order valence-electron chi connectivity index (χ3n) is 3.63. The Morgan fingerprint density at radius 1 is 1.19 bits per heavy atom. The number of rotatable bonds is 8. The van der Waals surface area contributed by atoms with Gasteiger partial charge in [0.15, 0.2) is 6.61 Å². The molecule has 0 aliphatic rings. The van der Waals surface area contributed by atoms with Crippen molar-refractivity contribution in [2.75, 3.05) is 5.75 Å². The molecule has 1 atom stereocenters. The van der Waals surface area contributed by atoms with E-state index in [4.69, 9.17) is 20.8 Å². The third-order valence-corrected chi connectivity index (χ3v) is 4.70. The van der Waals surface area contributed by atoms with E-state index in [1.807, 2.05) is 37.3 Å². The average molecular weight is 404 g/mol. The second-order valence-electron chi connectivity index (χ2n) is 5.69. The topological polar surface area (TPSA) is 77.2 Å². The Bertz CT molecular complexity index is 871. The molecule has 0 bridgehead atoms. The van der Waals surface area contributed by atoms with Gasteiger partial charge in [-0.1, -0.05) is 53.7 Å². The first-order valence-corrected chi connectivity index (χ1v) is 9.64. The lowest BCUT2D eigenvalue weighted by atomic mass is 10.1. The molecule has 3 rings (SSSR count). The summed E-state index contributed by atoms with van der Waals surface area (Å²) >= 11 is 7.01. The molecule has 3 aromatic rings. The normalized spacial score (nSPS) is 11.8. The van der Waals surface area contributed by atoms with E-state index in [1.165, 1.54) is 11.8 Å². The molecular formula is C19H18ClN3O3S. The maximum atomic E-state index is 12.1. The van der Waals surface area contributed by atoms with Gasteiger partial charge in [-0.3, -0.25) is 4.79 Å². The van der Waals surface area contributed by atoms with Crippen molar-refractivity contribution < 1.29 is 13.9 Å². The first kappa shape index (κ1) is 19.3. The van der Waals surface area contributed by atoms with Crippen LogP contribution in [0.2, 0.25) is 5.02 Å². The van der Waals surface area contributed by atoms with E-state index in [1.54, 1.807) is 24.3 Å². The van der Waals surface area contributed by atoms with Gasteiger partial charge in [-0.15, -0.1) is 10.2 Å². The Morgan fingerprint density at radius 2 is 1.93 bits per heavy atom. The zero-order valence-electron chi connectivity index (χ0n) is 14.6. The molecule has 8 heteroatoms. The molecule has 140 valence electrons. The number of aromatic nitrogens is 2. The number of hydrogen-bond acceptors (Lipinski definition) is 6. The van der Waals surface area contributed by atoms with Crippen LogP contribution in [0.25, 0.3) is 0 Å². The highest BCUT2D eigenvalue weighted by Gasteiger charge is 2.13. The van der Waals surface area contributed by atoms with E-state index in [9.17, 15) is 4.79 Å². The second kappa shape index (κ2) is 9.43. The average Bonchev–Trinajstić information content (AvgIpc) is 3.14. The molecule has 0 saturated carbocycles. The lowest BCUT2D eigenvalue weighted by Gasteiger charge is -2.13.